The highest BCUT2D eigenvalue weighted by Crippen LogP contribution is 2.34. The van der Waals surface area contributed by atoms with Gasteiger partial charge in [0.25, 0.3) is 5.91 Å². The van der Waals surface area contributed by atoms with Crippen LogP contribution in [0.2, 0.25) is 0 Å². The Bertz CT molecular complexity index is 1270. The molecule has 0 bridgehead atoms. The van der Waals surface area contributed by atoms with Crippen LogP contribution in [-0.4, -0.2) is 33.2 Å². The van der Waals surface area contributed by atoms with Gasteiger partial charge in [0, 0.05) is 11.8 Å². The molecular weight excluding hydrogens is 452 g/mol. The number of furan rings is 1. The lowest BCUT2D eigenvalue weighted by Gasteiger charge is -2.14. The Kier molecular flexibility index (Phi) is 6.33. The number of carbonyl (C=O) groups excluding carboxylic acids is 2. The fraction of sp³-hybridized carbons (Fsp3) is 0.182. The summed E-state index contributed by atoms with van der Waals surface area (Å²) < 4.78 is 48.2. The average Bonchev–Trinajstić information content (AvgIpc) is 3.49. The van der Waals surface area contributed by atoms with E-state index in [-0.39, 0.29) is 23.8 Å². The van der Waals surface area contributed by atoms with Crippen LogP contribution >= 0.6 is 0 Å². The molecule has 10 nitrogen and oxygen atoms in total. The predicted octanol–water partition coefficient (Wildman–Crippen LogP) is 2.67. The maximum absolute atomic E-state index is 12.5. The van der Waals surface area contributed by atoms with E-state index in [1.807, 2.05) is 0 Å². The quantitative estimate of drug-likeness (QED) is 0.478. The third kappa shape index (κ3) is 5.33. The van der Waals surface area contributed by atoms with Gasteiger partial charge in [-0.05, 0) is 49.4 Å². The van der Waals surface area contributed by atoms with Crippen LogP contribution in [0.25, 0.3) is 0 Å². The number of esters is 1. The van der Waals surface area contributed by atoms with Crippen molar-refractivity contribution < 1.29 is 36.6 Å². The van der Waals surface area contributed by atoms with Gasteiger partial charge in [0.1, 0.15) is 5.76 Å². The summed E-state index contributed by atoms with van der Waals surface area (Å²) in [5.74, 6) is 0.103. The van der Waals surface area contributed by atoms with Gasteiger partial charge in [-0.1, -0.05) is 6.07 Å². The molecule has 2 aromatic carbocycles. The summed E-state index contributed by atoms with van der Waals surface area (Å²) >= 11 is 0. The third-order valence-electron chi connectivity index (χ3n) is 4.69. The molecule has 1 amide bonds. The first kappa shape index (κ1) is 22.4. The number of sulfonamides is 1. The van der Waals surface area contributed by atoms with Crippen LogP contribution in [-0.2, 0) is 26.1 Å². The second-order valence-electron chi connectivity index (χ2n) is 7.04. The highest BCUT2D eigenvalue weighted by Gasteiger charge is 2.22. The Morgan fingerprint density at radius 3 is 2.67 bits per heavy atom. The number of anilines is 1. The van der Waals surface area contributed by atoms with Crippen molar-refractivity contribution >= 4 is 27.6 Å². The summed E-state index contributed by atoms with van der Waals surface area (Å²) in [5, 5.41) is 2.63. The average molecular weight is 472 g/mol. The minimum absolute atomic E-state index is 0.0152. The molecule has 2 N–H and O–H groups in total. The monoisotopic (exact) mass is 472 g/mol. The molecule has 0 saturated carbocycles. The molecule has 0 spiro atoms. The van der Waals surface area contributed by atoms with Gasteiger partial charge in [0.15, 0.2) is 17.6 Å². The lowest BCUT2D eigenvalue weighted by molar-refractivity contribution is -0.123. The van der Waals surface area contributed by atoms with Crippen LogP contribution in [0.5, 0.6) is 11.5 Å². The molecule has 0 saturated heterocycles. The zero-order chi connectivity index (χ0) is 23.4. The summed E-state index contributed by atoms with van der Waals surface area (Å²) in [7, 11) is -3.90. The zero-order valence-corrected chi connectivity index (χ0v) is 18.3. The summed E-state index contributed by atoms with van der Waals surface area (Å²) in [5.41, 5.74) is 0.432. The van der Waals surface area contributed by atoms with Gasteiger partial charge < -0.3 is 23.9 Å². The fourth-order valence-corrected chi connectivity index (χ4v) is 3.99. The lowest BCUT2D eigenvalue weighted by Crippen LogP contribution is -2.30. The van der Waals surface area contributed by atoms with E-state index in [1.54, 1.807) is 30.3 Å². The van der Waals surface area contributed by atoms with Crippen molar-refractivity contribution in [1.29, 1.82) is 0 Å². The van der Waals surface area contributed by atoms with E-state index in [9.17, 15) is 18.0 Å². The lowest BCUT2D eigenvalue weighted by atomic mass is 10.2. The van der Waals surface area contributed by atoms with E-state index in [0.717, 1.165) is 0 Å². The van der Waals surface area contributed by atoms with E-state index >= 15 is 0 Å². The number of benzene rings is 2. The largest absolute Gasteiger partial charge is 0.468 e. The molecule has 1 aliphatic heterocycles. The van der Waals surface area contributed by atoms with Crippen molar-refractivity contribution in [2.24, 2.45) is 0 Å². The van der Waals surface area contributed by atoms with Crippen LogP contribution in [0.15, 0.2) is 70.2 Å². The van der Waals surface area contributed by atoms with Crippen LogP contribution in [0, 0.1) is 0 Å². The molecule has 0 aliphatic carbocycles. The van der Waals surface area contributed by atoms with Gasteiger partial charge in [-0.25, -0.2) is 17.9 Å². The maximum atomic E-state index is 12.5. The molecule has 0 fully saturated rings. The van der Waals surface area contributed by atoms with Gasteiger partial charge in [-0.15, -0.1) is 0 Å². The number of nitrogens with one attached hydrogen (secondary N) is 2. The number of rotatable bonds is 8. The fourth-order valence-electron chi connectivity index (χ4n) is 2.95. The second-order valence-corrected chi connectivity index (χ2v) is 8.80. The topological polar surface area (TPSA) is 133 Å². The third-order valence-corrected chi connectivity index (χ3v) is 6.09. The van der Waals surface area contributed by atoms with Crippen molar-refractivity contribution in [3.63, 3.8) is 0 Å². The first-order valence-electron chi connectivity index (χ1n) is 9.85. The number of ether oxygens (including phenoxy) is 3. The first-order chi connectivity index (χ1) is 15.8. The van der Waals surface area contributed by atoms with Crippen LogP contribution < -0.4 is 19.5 Å². The second kappa shape index (κ2) is 9.35. The summed E-state index contributed by atoms with van der Waals surface area (Å²) in [6.45, 7) is 1.47. The van der Waals surface area contributed by atoms with Gasteiger partial charge in [0.05, 0.1) is 23.3 Å². The van der Waals surface area contributed by atoms with Crippen LogP contribution in [0.3, 0.4) is 0 Å². The van der Waals surface area contributed by atoms with Crippen LogP contribution in [0.4, 0.5) is 5.69 Å². The smallest absolute Gasteiger partial charge is 0.338 e. The summed E-state index contributed by atoms with van der Waals surface area (Å²) in [6, 6.07) is 13.5. The van der Waals surface area contributed by atoms with Crippen molar-refractivity contribution in [3.8, 4) is 11.5 Å². The molecule has 0 radical (unpaired) electrons. The van der Waals surface area contributed by atoms with E-state index in [2.05, 4.69) is 10.0 Å². The molecule has 1 aliphatic rings. The molecular formula is C22H20N2O8S. The Labute approximate surface area is 189 Å². The highest BCUT2D eigenvalue weighted by molar-refractivity contribution is 7.89. The Morgan fingerprint density at radius 1 is 1.06 bits per heavy atom. The molecule has 2 heterocycles. The Balaban J connectivity index is 1.38. The van der Waals surface area contributed by atoms with Crippen LogP contribution in [0.1, 0.15) is 23.0 Å². The van der Waals surface area contributed by atoms with Crippen molar-refractivity contribution in [3.05, 3.63) is 72.2 Å². The molecule has 4 rings (SSSR count). The van der Waals surface area contributed by atoms with Crippen molar-refractivity contribution in [1.82, 2.24) is 4.72 Å². The SMILES string of the molecule is CC(OC(=O)c1cccc(S(=O)(=O)NCc2ccco2)c1)C(=O)Nc1ccc2c(c1)OCO2. The normalized spacial score (nSPS) is 13.4. The summed E-state index contributed by atoms with van der Waals surface area (Å²) in [4.78, 5) is 24.8. The first-order valence-corrected chi connectivity index (χ1v) is 11.3. The standard InChI is InChI=1S/C22H20N2O8S/c1-14(21(25)24-16-7-8-19-20(11-16)31-13-30-19)32-22(26)15-4-2-6-18(10-15)33(27,28)23-12-17-5-3-9-29-17/h2-11,14,23H,12-13H2,1H3,(H,24,25). The van der Waals surface area contributed by atoms with Crippen molar-refractivity contribution in [2.45, 2.75) is 24.5 Å². The molecule has 33 heavy (non-hydrogen) atoms. The zero-order valence-electron chi connectivity index (χ0n) is 17.4. The van der Waals surface area contributed by atoms with Crippen molar-refractivity contribution in [2.75, 3.05) is 12.1 Å². The molecule has 1 unspecified atom stereocenters. The molecule has 3 aromatic rings. The van der Waals surface area contributed by atoms with Gasteiger partial charge in [-0.3, -0.25) is 4.79 Å². The number of amides is 1. The Morgan fingerprint density at radius 2 is 1.88 bits per heavy atom. The minimum Gasteiger partial charge on any atom is -0.468 e. The summed E-state index contributed by atoms with van der Waals surface area (Å²) in [6.07, 6.45) is 0.296. The predicted molar refractivity (Wildman–Crippen MR) is 115 cm³/mol. The van der Waals surface area contributed by atoms with Gasteiger partial charge >= 0.3 is 5.97 Å². The van der Waals surface area contributed by atoms with Gasteiger partial charge in [0.2, 0.25) is 16.8 Å². The highest BCUT2D eigenvalue weighted by atomic mass is 32.2. The molecule has 1 aromatic heterocycles. The van der Waals surface area contributed by atoms with E-state index in [4.69, 9.17) is 18.6 Å². The van der Waals surface area contributed by atoms with Gasteiger partial charge in [-0.2, -0.15) is 0 Å². The van der Waals surface area contributed by atoms with E-state index in [0.29, 0.717) is 22.9 Å². The number of hydrogen-bond donors (Lipinski definition) is 2. The molecule has 11 heteroatoms. The number of hydrogen-bond acceptors (Lipinski definition) is 8. The number of fused-ring (bicyclic) bond motifs is 1. The number of carbonyl (C=O) groups is 2. The molecule has 1 atom stereocenters. The maximum Gasteiger partial charge on any atom is 0.338 e. The van der Waals surface area contributed by atoms with E-state index < -0.39 is 28.0 Å². The minimum atomic E-state index is -3.90. The molecule has 172 valence electrons. The van der Waals surface area contributed by atoms with E-state index in [1.165, 1.54) is 37.5 Å². The Hall–Kier alpha value is -3.83.